The van der Waals surface area contributed by atoms with Crippen molar-refractivity contribution in [3.63, 3.8) is 0 Å². The second kappa shape index (κ2) is 5.85. The van der Waals surface area contributed by atoms with E-state index in [1.807, 2.05) is 0 Å². The lowest BCUT2D eigenvalue weighted by Crippen LogP contribution is -2.46. The number of hydrogen-bond acceptors (Lipinski definition) is 3. The molecule has 1 N–H and O–H groups in total. The van der Waals surface area contributed by atoms with Crippen molar-refractivity contribution in [3.05, 3.63) is 35.4 Å². The third-order valence-corrected chi connectivity index (χ3v) is 4.25. The molecule has 1 aromatic rings. The summed E-state index contributed by atoms with van der Waals surface area (Å²) in [6.45, 7) is 2.04. The van der Waals surface area contributed by atoms with E-state index in [1.165, 1.54) is 17.5 Å². The van der Waals surface area contributed by atoms with Crippen LogP contribution in [0.1, 0.15) is 36.3 Å². The highest BCUT2D eigenvalue weighted by Crippen LogP contribution is 2.34. The molecule has 2 unspecified atom stereocenters. The van der Waals surface area contributed by atoms with Crippen molar-refractivity contribution in [1.29, 1.82) is 0 Å². The Hall–Kier alpha value is -1.19. The molecule has 0 spiro atoms. The minimum absolute atomic E-state index is 0.0946. The monoisotopic (exact) mass is 259 g/mol. The predicted molar refractivity (Wildman–Crippen MR) is 74.4 cm³/mol. The highest BCUT2D eigenvalue weighted by Gasteiger charge is 2.27. The van der Waals surface area contributed by atoms with Crippen molar-refractivity contribution >= 4 is 5.78 Å². The first kappa shape index (κ1) is 12.8. The van der Waals surface area contributed by atoms with Crippen LogP contribution in [0.25, 0.3) is 0 Å². The molecule has 102 valence electrons. The second-order valence-corrected chi connectivity index (χ2v) is 5.54. The van der Waals surface area contributed by atoms with Gasteiger partial charge in [-0.3, -0.25) is 4.79 Å². The number of nitrogens with one attached hydrogen (secondary N) is 1. The SMILES string of the molecule is O=C(CC1CCCc2ccccc21)C1COCCN1. The largest absolute Gasteiger partial charge is 0.378 e. The van der Waals surface area contributed by atoms with Gasteiger partial charge in [-0.2, -0.15) is 0 Å². The third-order valence-electron chi connectivity index (χ3n) is 4.25. The molecular weight excluding hydrogens is 238 g/mol. The van der Waals surface area contributed by atoms with Crippen molar-refractivity contribution in [2.75, 3.05) is 19.8 Å². The molecular formula is C16H21NO2. The average molecular weight is 259 g/mol. The molecule has 2 atom stereocenters. The van der Waals surface area contributed by atoms with Gasteiger partial charge >= 0.3 is 0 Å². The van der Waals surface area contributed by atoms with Gasteiger partial charge in [0, 0.05) is 13.0 Å². The summed E-state index contributed by atoms with van der Waals surface area (Å²) in [5.41, 5.74) is 2.82. The van der Waals surface area contributed by atoms with Crippen molar-refractivity contribution in [3.8, 4) is 0 Å². The quantitative estimate of drug-likeness (QED) is 0.903. The van der Waals surface area contributed by atoms with Gasteiger partial charge in [0.25, 0.3) is 0 Å². The van der Waals surface area contributed by atoms with Gasteiger partial charge in [-0.15, -0.1) is 0 Å². The maximum Gasteiger partial charge on any atom is 0.152 e. The number of ketones is 1. The molecule has 2 aliphatic rings. The summed E-state index contributed by atoms with van der Waals surface area (Å²) in [6.07, 6.45) is 4.14. The van der Waals surface area contributed by atoms with E-state index in [0.717, 1.165) is 26.0 Å². The van der Waals surface area contributed by atoms with Crippen LogP contribution >= 0.6 is 0 Å². The highest BCUT2D eigenvalue weighted by atomic mass is 16.5. The molecule has 0 amide bonds. The maximum absolute atomic E-state index is 12.3. The summed E-state index contributed by atoms with van der Waals surface area (Å²) in [5, 5.41) is 3.26. The number of morpholine rings is 1. The smallest absolute Gasteiger partial charge is 0.152 e. The van der Waals surface area contributed by atoms with Crippen LogP contribution in [0.15, 0.2) is 24.3 Å². The molecule has 0 aromatic heterocycles. The number of carbonyl (C=O) groups is 1. The van der Waals surface area contributed by atoms with Gasteiger partial charge in [0.2, 0.25) is 0 Å². The lowest BCUT2D eigenvalue weighted by atomic mass is 9.79. The fourth-order valence-corrected chi connectivity index (χ4v) is 3.22. The normalized spacial score (nSPS) is 26.7. The summed E-state index contributed by atoms with van der Waals surface area (Å²) in [5.74, 6) is 0.711. The first-order valence-electron chi connectivity index (χ1n) is 7.26. The van der Waals surface area contributed by atoms with E-state index in [9.17, 15) is 4.79 Å². The lowest BCUT2D eigenvalue weighted by molar-refractivity contribution is -0.124. The zero-order valence-corrected chi connectivity index (χ0v) is 11.2. The lowest BCUT2D eigenvalue weighted by Gasteiger charge is -2.28. The minimum atomic E-state index is -0.0946. The van der Waals surface area contributed by atoms with Crippen molar-refractivity contribution in [2.45, 2.75) is 37.6 Å². The molecule has 19 heavy (non-hydrogen) atoms. The van der Waals surface area contributed by atoms with E-state index in [4.69, 9.17) is 4.74 Å². The first-order valence-corrected chi connectivity index (χ1v) is 7.26. The van der Waals surface area contributed by atoms with Gasteiger partial charge in [-0.1, -0.05) is 24.3 Å². The van der Waals surface area contributed by atoms with Crippen LogP contribution in [0.5, 0.6) is 0 Å². The second-order valence-electron chi connectivity index (χ2n) is 5.54. The Morgan fingerprint density at radius 2 is 2.26 bits per heavy atom. The average Bonchev–Trinajstić information content (AvgIpc) is 2.48. The van der Waals surface area contributed by atoms with Gasteiger partial charge in [-0.25, -0.2) is 0 Å². The maximum atomic E-state index is 12.3. The predicted octanol–water partition coefficient (Wildman–Crippen LogP) is 2.05. The Kier molecular flexibility index (Phi) is 3.95. The van der Waals surface area contributed by atoms with E-state index >= 15 is 0 Å². The molecule has 3 rings (SSSR count). The number of hydrogen-bond donors (Lipinski definition) is 1. The van der Waals surface area contributed by atoms with Crippen LogP contribution in [0.2, 0.25) is 0 Å². The molecule has 1 aliphatic heterocycles. The number of fused-ring (bicyclic) bond motifs is 1. The fraction of sp³-hybridized carbons (Fsp3) is 0.562. The van der Waals surface area contributed by atoms with E-state index in [-0.39, 0.29) is 6.04 Å². The van der Waals surface area contributed by atoms with Crippen molar-refractivity contribution in [1.82, 2.24) is 5.32 Å². The first-order chi connectivity index (χ1) is 9.34. The molecule has 0 radical (unpaired) electrons. The number of rotatable bonds is 3. The highest BCUT2D eigenvalue weighted by molar-refractivity contribution is 5.85. The van der Waals surface area contributed by atoms with Crippen LogP contribution in [-0.4, -0.2) is 31.6 Å². The summed E-state index contributed by atoms with van der Waals surface area (Å²) in [7, 11) is 0. The van der Waals surface area contributed by atoms with Crippen LogP contribution in [0.3, 0.4) is 0 Å². The van der Waals surface area contributed by atoms with Crippen molar-refractivity contribution in [2.24, 2.45) is 0 Å². The van der Waals surface area contributed by atoms with Gasteiger partial charge in [0.15, 0.2) is 5.78 Å². The molecule has 3 nitrogen and oxygen atoms in total. The van der Waals surface area contributed by atoms with Crippen molar-refractivity contribution < 1.29 is 9.53 Å². The zero-order chi connectivity index (χ0) is 13.1. The van der Waals surface area contributed by atoms with Crippen LogP contribution < -0.4 is 5.32 Å². The number of aryl methyl sites for hydroxylation is 1. The summed E-state index contributed by atoms with van der Waals surface area (Å²) in [6, 6.07) is 8.48. The van der Waals surface area contributed by atoms with Crippen LogP contribution in [0, 0.1) is 0 Å². The Balaban J connectivity index is 1.68. The molecule has 3 heteroatoms. The fourth-order valence-electron chi connectivity index (χ4n) is 3.22. The van der Waals surface area contributed by atoms with Gasteiger partial charge < -0.3 is 10.1 Å². The summed E-state index contributed by atoms with van der Waals surface area (Å²) in [4.78, 5) is 12.3. The number of ether oxygens (including phenoxy) is 1. The molecule has 0 bridgehead atoms. The Morgan fingerprint density at radius 1 is 1.37 bits per heavy atom. The van der Waals surface area contributed by atoms with Gasteiger partial charge in [-0.05, 0) is 36.3 Å². The van der Waals surface area contributed by atoms with E-state index < -0.39 is 0 Å². The number of Topliss-reactive ketones (excluding diaryl/α,β-unsaturated/α-hetero) is 1. The summed E-state index contributed by atoms with van der Waals surface area (Å²) < 4.78 is 5.38. The van der Waals surface area contributed by atoms with E-state index in [0.29, 0.717) is 24.7 Å². The van der Waals surface area contributed by atoms with Gasteiger partial charge in [0.1, 0.15) is 0 Å². The Morgan fingerprint density at radius 3 is 3.11 bits per heavy atom. The Bertz CT molecular complexity index is 452. The minimum Gasteiger partial charge on any atom is -0.378 e. The van der Waals surface area contributed by atoms with E-state index in [2.05, 4.69) is 29.6 Å². The molecule has 1 fully saturated rings. The zero-order valence-electron chi connectivity index (χ0n) is 11.2. The molecule has 0 saturated carbocycles. The molecule has 1 aliphatic carbocycles. The Labute approximate surface area is 114 Å². The van der Waals surface area contributed by atoms with E-state index in [1.54, 1.807) is 0 Å². The molecule has 1 heterocycles. The van der Waals surface area contributed by atoms with Crippen LogP contribution in [-0.2, 0) is 16.0 Å². The topological polar surface area (TPSA) is 38.3 Å². The number of carbonyl (C=O) groups excluding carboxylic acids is 1. The summed E-state index contributed by atoms with van der Waals surface area (Å²) >= 11 is 0. The molecule has 1 aromatic carbocycles. The standard InChI is InChI=1S/C16H21NO2/c18-16(15-11-19-9-8-17-15)10-13-6-3-5-12-4-1-2-7-14(12)13/h1-2,4,7,13,15,17H,3,5-6,8-11H2. The van der Waals surface area contributed by atoms with Gasteiger partial charge in [0.05, 0.1) is 19.3 Å². The number of benzene rings is 1. The van der Waals surface area contributed by atoms with Crippen LogP contribution in [0.4, 0.5) is 0 Å². The third kappa shape index (κ3) is 2.88. The molecule has 1 saturated heterocycles.